The van der Waals surface area contributed by atoms with Gasteiger partial charge in [0.05, 0.1) is 19.1 Å². The number of rotatable bonds is 7. The number of carbonyl (C=O) groups is 1. The van der Waals surface area contributed by atoms with E-state index in [-0.39, 0.29) is 12.4 Å². The summed E-state index contributed by atoms with van der Waals surface area (Å²) in [4.78, 5) is 13.5. The first-order chi connectivity index (χ1) is 8.65. The molecule has 1 aliphatic heterocycles. The predicted molar refractivity (Wildman–Crippen MR) is 70.3 cm³/mol. The van der Waals surface area contributed by atoms with Crippen LogP contribution in [0.5, 0.6) is 0 Å². The zero-order chi connectivity index (χ0) is 13.4. The van der Waals surface area contributed by atoms with Gasteiger partial charge in [0.2, 0.25) is 0 Å². The van der Waals surface area contributed by atoms with Crippen molar-refractivity contribution < 1.29 is 14.6 Å². The van der Waals surface area contributed by atoms with Gasteiger partial charge >= 0.3 is 5.97 Å². The fraction of sp³-hybridized carbons (Fsp3) is 0.923. The van der Waals surface area contributed by atoms with Crippen molar-refractivity contribution in [2.75, 3.05) is 39.8 Å². The van der Waals surface area contributed by atoms with Gasteiger partial charge in [0.15, 0.2) is 0 Å². The van der Waals surface area contributed by atoms with E-state index in [1.54, 1.807) is 6.92 Å². The molecule has 0 bridgehead atoms. The number of nitrogens with zero attached hydrogens (tertiary/aromatic N) is 1. The highest BCUT2D eigenvalue weighted by atomic mass is 16.5. The van der Waals surface area contributed by atoms with Crippen LogP contribution in [-0.4, -0.2) is 61.9 Å². The molecule has 1 rings (SSSR count). The third-order valence-electron chi connectivity index (χ3n) is 3.27. The van der Waals surface area contributed by atoms with Crippen LogP contribution in [0.2, 0.25) is 0 Å². The van der Waals surface area contributed by atoms with E-state index in [0.29, 0.717) is 19.1 Å². The summed E-state index contributed by atoms with van der Waals surface area (Å²) in [5.74, 6) is 0.340. The fourth-order valence-electron chi connectivity index (χ4n) is 2.55. The maximum atomic E-state index is 11.3. The summed E-state index contributed by atoms with van der Waals surface area (Å²) in [6.07, 6.45) is 1.89. The molecule has 5 heteroatoms. The Labute approximate surface area is 109 Å². The second kappa shape index (κ2) is 8.45. The minimum Gasteiger partial charge on any atom is -0.466 e. The number of piperidine rings is 1. The molecule has 0 radical (unpaired) electrons. The van der Waals surface area contributed by atoms with E-state index >= 15 is 0 Å². The number of likely N-dealkylation sites (tertiary alicyclic amines) is 1. The minimum atomic E-state index is -0.614. The molecule has 2 N–H and O–H groups in total. The third-order valence-corrected chi connectivity index (χ3v) is 3.27. The van der Waals surface area contributed by atoms with E-state index in [0.717, 1.165) is 19.6 Å². The Balaban J connectivity index is 2.26. The van der Waals surface area contributed by atoms with Gasteiger partial charge in [0.1, 0.15) is 0 Å². The molecule has 0 amide bonds. The molecular weight excluding hydrogens is 232 g/mol. The molecule has 5 nitrogen and oxygen atoms in total. The number of hydrogen-bond donors (Lipinski definition) is 2. The zero-order valence-corrected chi connectivity index (χ0v) is 11.5. The van der Waals surface area contributed by atoms with E-state index in [4.69, 9.17) is 4.74 Å². The van der Waals surface area contributed by atoms with Gasteiger partial charge in [-0.1, -0.05) is 0 Å². The number of ether oxygens (including phenoxy) is 1. The van der Waals surface area contributed by atoms with Gasteiger partial charge in [0.25, 0.3) is 0 Å². The number of hydrogen-bond acceptors (Lipinski definition) is 5. The van der Waals surface area contributed by atoms with Crippen LogP contribution in [0.4, 0.5) is 0 Å². The Morgan fingerprint density at radius 1 is 1.61 bits per heavy atom. The van der Waals surface area contributed by atoms with Crippen LogP contribution in [0, 0.1) is 5.92 Å². The van der Waals surface area contributed by atoms with Gasteiger partial charge in [-0.15, -0.1) is 0 Å². The lowest BCUT2D eigenvalue weighted by Crippen LogP contribution is -2.43. The topological polar surface area (TPSA) is 61.8 Å². The van der Waals surface area contributed by atoms with E-state index in [1.165, 1.54) is 12.8 Å². The lowest BCUT2D eigenvalue weighted by atomic mass is 9.97. The summed E-state index contributed by atoms with van der Waals surface area (Å²) in [5.41, 5.74) is 0. The Hall–Kier alpha value is -0.650. The highest BCUT2D eigenvalue weighted by Crippen LogP contribution is 2.16. The van der Waals surface area contributed by atoms with Crippen LogP contribution in [0.1, 0.15) is 26.2 Å². The monoisotopic (exact) mass is 258 g/mol. The van der Waals surface area contributed by atoms with E-state index < -0.39 is 6.10 Å². The number of nitrogens with one attached hydrogen (secondary N) is 1. The molecule has 1 fully saturated rings. The molecule has 0 saturated carbocycles. The maximum Gasteiger partial charge on any atom is 0.308 e. The average Bonchev–Trinajstić information content (AvgIpc) is 2.29. The molecule has 0 spiro atoms. The Bertz CT molecular complexity index is 246. The van der Waals surface area contributed by atoms with Gasteiger partial charge in [-0.3, -0.25) is 4.79 Å². The Kier molecular flexibility index (Phi) is 7.23. The molecule has 1 saturated heterocycles. The van der Waals surface area contributed by atoms with Gasteiger partial charge in [-0.05, 0) is 45.8 Å². The Morgan fingerprint density at radius 2 is 2.39 bits per heavy atom. The zero-order valence-electron chi connectivity index (χ0n) is 11.5. The van der Waals surface area contributed by atoms with Crippen LogP contribution in [0.15, 0.2) is 0 Å². The van der Waals surface area contributed by atoms with Crippen LogP contribution in [0.3, 0.4) is 0 Å². The summed E-state index contributed by atoms with van der Waals surface area (Å²) in [6, 6.07) is 0. The molecule has 0 aromatic heterocycles. The average molecular weight is 258 g/mol. The minimum absolute atomic E-state index is 0.0982. The Morgan fingerprint density at radius 3 is 3.06 bits per heavy atom. The number of esters is 1. The molecule has 18 heavy (non-hydrogen) atoms. The van der Waals surface area contributed by atoms with Crippen molar-refractivity contribution in [1.82, 2.24) is 10.2 Å². The SMILES string of the molecule is CCOC(=O)CC(O)CN1CCCC(CNC)C1. The summed E-state index contributed by atoms with van der Waals surface area (Å²) >= 11 is 0. The normalized spacial score (nSPS) is 22.7. The van der Waals surface area contributed by atoms with Gasteiger partial charge < -0.3 is 20.1 Å². The highest BCUT2D eigenvalue weighted by molar-refractivity contribution is 5.69. The maximum absolute atomic E-state index is 11.3. The lowest BCUT2D eigenvalue weighted by Gasteiger charge is -2.33. The first-order valence-electron chi connectivity index (χ1n) is 6.86. The number of aliphatic hydroxyl groups is 1. The molecule has 2 unspecified atom stereocenters. The van der Waals surface area contributed by atoms with Gasteiger partial charge in [0, 0.05) is 13.1 Å². The van der Waals surface area contributed by atoms with Crippen LogP contribution >= 0.6 is 0 Å². The summed E-state index contributed by atoms with van der Waals surface area (Å²) in [5, 5.41) is 13.1. The van der Waals surface area contributed by atoms with E-state index in [9.17, 15) is 9.90 Å². The van der Waals surface area contributed by atoms with Crippen molar-refractivity contribution in [3.8, 4) is 0 Å². The van der Waals surface area contributed by atoms with E-state index in [2.05, 4.69) is 10.2 Å². The summed E-state index contributed by atoms with van der Waals surface area (Å²) < 4.78 is 4.83. The smallest absolute Gasteiger partial charge is 0.308 e. The van der Waals surface area contributed by atoms with Crippen LogP contribution in [-0.2, 0) is 9.53 Å². The first kappa shape index (κ1) is 15.4. The van der Waals surface area contributed by atoms with Gasteiger partial charge in [-0.2, -0.15) is 0 Å². The van der Waals surface area contributed by atoms with E-state index in [1.807, 2.05) is 7.05 Å². The summed E-state index contributed by atoms with van der Waals surface area (Å²) in [6.45, 7) is 5.75. The lowest BCUT2D eigenvalue weighted by molar-refractivity contribution is -0.145. The van der Waals surface area contributed by atoms with Crippen molar-refractivity contribution in [2.24, 2.45) is 5.92 Å². The highest BCUT2D eigenvalue weighted by Gasteiger charge is 2.22. The molecule has 0 aliphatic carbocycles. The third kappa shape index (κ3) is 5.80. The second-order valence-corrected chi connectivity index (χ2v) is 4.99. The van der Waals surface area contributed by atoms with Crippen molar-refractivity contribution >= 4 is 5.97 Å². The number of aliphatic hydroxyl groups excluding tert-OH is 1. The molecule has 0 aromatic carbocycles. The van der Waals surface area contributed by atoms with Crippen LogP contribution < -0.4 is 5.32 Å². The fourth-order valence-corrected chi connectivity index (χ4v) is 2.55. The number of β-amino-alcohol motifs (C(OH)–C–C–N with tert-alkyl or cyclic N) is 1. The van der Waals surface area contributed by atoms with Crippen molar-refractivity contribution in [1.29, 1.82) is 0 Å². The molecule has 0 aromatic rings. The van der Waals surface area contributed by atoms with Crippen molar-refractivity contribution in [3.05, 3.63) is 0 Å². The molecular formula is C13H26N2O3. The van der Waals surface area contributed by atoms with Crippen LogP contribution in [0.25, 0.3) is 0 Å². The van der Waals surface area contributed by atoms with Gasteiger partial charge in [-0.25, -0.2) is 0 Å². The molecule has 1 heterocycles. The largest absolute Gasteiger partial charge is 0.466 e. The standard InChI is InChI=1S/C13H26N2O3/c1-3-18-13(17)7-12(16)10-15-6-4-5-11(9-15)8-14-2/h11-12,14,16H,3-10H2,1-2H3. The molecule has 1 aliphatic rings. The molecule has 2 atom stereocenters. The predicted octanol–water partition coefficient (Wildman–Crippen LogP) is 0.232. The molecule has 106 valence electrons. The summed E-state index contributed by atoms with van der Waals surface area (Å²) in [7, 11) is 1.97. The second-order valence-electron chi connectivity index (χ2n) is 4.99. The first-order valence-corrected chi connectivity index (χ1v) is 6.86. The van der Waals surface area contributed by atoms with Crippen molar-refractivity contribution in [2.45, 2.75) is 32.3 Å². The number of carbonyl (C=O) groups excluding carboxylic acids is 1. The van der Waals surface area contributed by atoms with Crippen molar-refractivity contribution in [3.63, 3.8) is 0 Å². The quantitative estimate of drug-likeness (QED) is 0.640.